The lowest BCUT2D eigenvalue weighted by Gasteiger charge is -2.12. The molecular weight excluding hydrogens is 276 g/mol. The van der Waals surface area contributed by atoms with Gasteiger partial charge >= 0.3 is 0 Å². The fourth-order valence-electron chi connectivity index (χ4n) is 1.61. The summed E-state index contributed by atoms with van der Waals surface area (Å²) in [5.74, 6) is 0.823. The zero-order chi connectivity index (χ0) is 15.1. The van der Waals surface area contributed by atoms with Crippen LogP contribution in [-0.2, 0) is 4.79 Å². The van der Waals surface area contributed by atoms with Gasteiger partial charge in [-0.15, -0.1) is 11.8 Å². The third kappa shape index (κ3) is 4.85. The molecule has 0 aliphatic rings. The maximum Gasteiger partial charge on any atom is 0.274 e. The molecule has 1 amide bonds. The molecule has 20 heavy (non-hydrogen) atoms. The van der Waals surface area contributed by atoms with Crippen molar-refractivity contribution in [1.29, 1.82) is 0 Å². The van der Waals surface area contributed by atoms with Crippen LogP contribution in [0.25, 0.3) is 0 Å². The smallest absolute Gasteiger partial charge is 0.274 e. The van der Waals surface area contributed by atoms with Crippen molar-refractivity contribution in [2.45, 2.75) is 38.9 Å². The number of hydrogen-bond donors (Lipinski definition) is 1. The number of hydrogen-bond acceptors (Lipinski definition) is 4. The highest BCUT2D eigenvalue weighted by molar-refractivity contribution is 8.00. The Hall–Kier alpha value is -1.56. The fourth-order valence-corrected chi connectivity index (χ4v) is 2.63. The van der Waals surface area contributed by atoms with Gasteiger partial charge in [0.05, 0.1) is 10.2 Å². The molecule has 0 bridgehead atoms. The third-order valence-electron chi connectivity index (χ3n) is 2.91. The van der Waals surface area contributed by atoms with E-state index in [4.69, 9.17) is 0 Å². The van der Waals surface area contributed by atoms with Gasteiger partial charge in [-0.25, -0.2) is 0 Å². The zero-order valence-electron chi connectivity index (χ0n) is 12.0. The van der Waals surface area contributed by atoms with Gasteiger partial charge in [-0.2, -0.15) is 0 Å². The summed E-state index contributed by atoms with van der Waals surface area (Å²) < 4.78 is 0. The number of unbranched alkanes of at least 4 members (excludes halogenated alkanes) is 1. The number of nitrogens with one attached hydrogen (secondary N) is 1. The van der Waals surface area contributed by atoms with Crippen molar-refractivity contribution in [3.05, 3.63) is 33.9 Å². The van der Waals surface area contributed by atoms with Gasteiger partial charge in [-0.1, -0.05) is 19.4 Å². The molecule has 0 spiro atoms. The molecule has 1 aromatic carbocycles. The summed E-state index contributed by atoms with van der Waals surface area (Å²) in [4.78, 5) is 22.4. The van der Waals surface area contributed by atoms with Crippen molar-refractivity contribution in [3.63, 3.8) is 0 Å². The first kappa shape index (κ1) is 16.5. The molecule has 6 heteroatoms. The van der Waals surface area contributed by atoms with Crippen LogP contribution >= 0.6 is 11.8 Å². The number of aryl methyl sites for hydroxylation is 1. The van der Waals surface area contributed by atoms with E-state index in [9.17, 15) is 14.9 Å². The van der Waals surface area contributed by atoms with E-state index in [0.29, 0.717) is 11.3 Å². The summed E-state index contributed by atoms with van der Waals surface area (Å²) in [5.41, 5.74) is 1.07. The summed E-state index contributed by atoms with van der Waals surface area (Å²) in [7, 11) is 0. The number of anilines is 1. The van der Waals surface area contributed by atoms with E-state index in [0.717, 1.165) is 18.6 Å². The van der Waals surface area contributed by atoms with E-state index >= 15 is 0 Å². The average molecular weight is 296 g/mol. The number of nitro benzene ring substituents is 1. The normalized spacial score (nSPS) is 11.9. The molecule has 0 radical (unpaired) electrons. The molecule has 1 rings (SSSR count). The van der Waals surface area contributed by atoms with E-state index in [2.05, 4.69) is 12.2 Å². The number of rotatable bonds is 7. The number of nitrogens with zero attached hydrogens (tertiary/aromatic N) is 1. The van der Waals surface area contributed by atoms with Crippen molar-refractivity contribution >= 4 is 29.0 Å². The molecule has 1 aromatic rings. The van der Waals surface area contributed by atoms with Crippen molar-refractivity contribution in [2.24, 2.45) is 0 Å². The van der Waals surface area contributed by atoms with E-state index in [1.54, 1.807) is 30.8 Å². The molecule has 0 heterocycles. The summed E-state index contributed by atoms with van der Waals surface area (Å²) in [6.45, 7) is 5.63. The molecule has 5 nitrogen and oxygen atoms in total. The van der Waals surface area contributed by atoms with Crippen LogP contribution < -0.4 is 5.32 Å². The van der Waals surface area contributed by atoms with Crippen LogP contribution in [-0.4, -0.2) is 21.8 Å². The first-order chi connectivity index (χ1) is 9.45. The highest BCUT2D eigenvalue weighted by atomic mass is 32.2. The van der Waals surface area contributed by atoms with Crippen LogP contribution in [0.15, 0.2) is 18.2 Å². The van der Waals surface area contributed by atoms with Gasteiger partial charge in [-0.05, 0) is 32.1 Å². The Morgan fingerprint density at radius 2 is 2.20 bits per heavy atom. The SMILES string of the molecule is CCCCSC(C)C(=O)Nc1ccc(C)c([N+](=O)[O-])c1. The highest BCUT2D eigenvalue weighted by Crippen LogP contribution is 2.23. The second-order valence-electron chi connectivity index (χ2n) is 4.61. The molecule has 0 aliphatic carbocycles. The minimum absolute atomic E-state index is 0.0223. The number of nitro groups is 1. The van der Waals surface area contributed by atoms with E-state index < -0.39 is 4.92 Å². The Morgan fingerprint density at radius 3 is 2.80 bits per heavy atom. The molecule has 0 fully saturated rings. The Bertz CT molecular complexity index is 491. The summed E-state index contributed by atoms with van der Waals surface area (Å²) in [6, 6.07) is 4.73. The Kier molecular flexibility index (Phi) is 6.51. The number of amides is 1. The molecule has 0 aromatic heterocycles. The lowest BCUT2D eigenvalue weighted by atomic mass is 10.2. The number of benzene rings is 1. The van der Waals surface area contributed by atoms with Crippen molar-refractivity contribution in [1.82, 2.24) is 0 Å². The Labute approximate surface area is 123 Å². The molecule has 0 saturated carbocycles. The van der Waals surface area contributed by atoms with Gasteiger partial charge in [0.25, 0.3) is 5.69 Å². The molecule has 1 unspecified atom stereocenters. The fraction of sp³-hybridized carbons (Fsp3) is 0.500. The standard InChI is InChI=1S/C14H20N2O3S/c1-4-5-8-20-11(3)14(17)15-12-7-6-10(2)13(9-12)16(18)19/h6-7,9,11H,4-5,8H2,1-3H3,(H,15,17). The monoisotopic (exact) mass is 296 g/mol. The van der Waals surface area contributed by atoms with Crippen LogP contribution in [0, 0.1) is 17.0 Å². The second kappa shape index (κ2) is 7.89. The minimum Gasteiger partial charge on any atom is -0.325 e. The van der Waals surface area contributed by atoms with Crippen LogP contribution in [0.4, 0.5) is 11.4 Å². The summed E-state index contributed by atoms with van der Waals surface area (Å²) >= 11 is 1.60. The van der Waals surface area contributed by atoms with Crippen LogP contribution in [0.2, 0.25) is 0 Å². The van der Waals surface area contributed by atoms with Crippen LogP contribution in [0.1, 0.15) is 32.3 Å². The predicted octanol–water partition coefficient (Wildman–Crippen LogP) is 3.76. The first-order valence-electron chi connectivity index (χ1n) is 6.63. The van der Waals surface area contributed by atoms with Gasteiger partial charge in [0.15, 0.2) is 0 Å². The van der Waals surface area contributed by atoms with Gasteiger partial charge in [0.2, 0.25) is 5.91 Å². The van der Waals surface area contributed by atoms with Gasteiger partial charge in [0.1, 0.15) is 0 Å². The van der Waals surface area contributed by atoms with Crippen LogP contribution in [0.5, 0.6) is 0 Å². The Balaban J connectivity index is 2.66. The first-order valence-corrected chi connectivity index (χ1v) is 7.68. The van der Waals surface area contributed by atoms with Crippen molar-refractivity contribution in [3.8, 4) is 0 Å². The Morgan fingerprint density at radius 1 is 1.50 bits per heavy atom. The molecule has 0 saturated heterocycles. The lowest BCUT2D eigenvalue weighted by Crippen LogP contribution is -2.22. The topological polar surface area (TPSA) is 72.2 Å². The average Bonchev–Trinajstić information content (AvgIpc) is 2.40. The maximum absolute atomic E-state index is 12.0. The third-order valence-corrected chi connectivity index (χ3v) is 4.15. The molecule has 0 aliphatic heterocycles. The van der Waals surface area contributed by atoms with Gasteiger partial charge < -0.3 is 5.32 Å². The van der Waals surface area contributed by atoms with Crippen molar-refractivity contribution in [2.75, 3.05) is 11.1 Å². The van der Waals surface area contributed by atoms with Gasteiger partial charge in [0, 0.05) is 17.3 Å². The van der Waals surface area contributed by atoms with Crippen molar-refractivity contribution < 1.29 is 9.72 Å². The largest absolute Gasteiger partial charge is 0.325 e. The summed E-state index contributed by atoms with van der Waals surface area (Å²) in [6.07, 6.45) is 2.18. The number of thioether (sulfide) groups is 1. The van der Waals surface area contributed by atoms with E-state index in [1.165, 1.54) is 6.07 Å². The zero-order valence-corrected chi connectivity index (χ0v) is 12.8. The molecule has 110 valence electrons. The van der Waals surface area contributed by atoms with E-state index in [1.807, 2.05) is 6.92 Å². The molecule has 1 N–H and O–H groups in total. The van der Waals surface area contributed by atoms with Gasteiger partial charge in [-0.3, -0.25) is 14.9 Å². The number of carbonyl (C=O) groups excluding carboxylic acids is 1. The second-order valence-corrected chi connectivity index (χ2v) is 6.06. The maximum atomic E-state index is 12.0. The minimum atomic E-state index is -0.440. The molecule has 1 atom stereocenters. The van der Waals surface area contributed by atoms with E-state index in [-0.39, 0.29) is 16.8 Å². The predicted molar refractivity (Wildman–Crippen MR) is 83.3 cm³/mol. The quantitative estimate of drug-likeness (QED) is 0.472. The highest BCUT2D eigenvalue weighted by Gasteiger charge is 2.16. The number of carbonyl (C=O) groups is 1. The summed E-state index contributed by atoms with van der Waals surface area (Å²) in [5, 5.41) is 13.4. The lowest BCUT2D eigenvalue weighted by molar-refractivity contribution is -0.385. The van der Waals surface area contributed by atoms with Crippen LogP contribution in [0.3, 0.4) is 0 Å². The molecular formula is C14H20N2O3S.